The van der Waals surface area contributed by atoms with Crippen LogP contribution in [0.5, 0.6) is 0 Å². The van der Waals surface area contributed by atoms with Gasteiger partial charge in [0.15, 0.2) is 36.4 Å². The van der Waals surface area contributed by atoms with Crippen LogP contribution in [0.3, 0.4) is 0 Å². The van der Waals surface area contributed by atoms with Gasteiger partial charge in [-0.25, -0.2) is 0 Å². The van der Waals surface area contributed by atoms with E-state index in [4.69, 9.17) is 0 Å². The van der Waals surface area contributed by atoms with E-state index in [0.29, 0.717) is 13.1 Å². The van der Waals surface area contributed by atoms with Crippen molar-refractivity contribution in [3.8, 4) is 11.1 Å². The predicted molar refractivity (Wildman–Crippen MR) is 73.6 cm³/mol. The van der Waals surface area contributed by atoms with Gasteiger partial charge in [-0.3, -0.25) is 9.59 Å². The molecule has 2 heterocycles. The van der Waals surface area contributed by atoms with Crippen LogP contribution in [0.1, 0.15) is 13.8 Å². The number of rotatable bonds is 5. The molecule has 0 atom stereocenters. The van der Waals surface area contributed by atoms with Crippen LogP contribution in [0.25, 0.3) is 11.1 Å². The highest BCUT2D eigenvalue weighted by Gasteiger charge is 2.08. The molecule has 0 fully saturated rings. The molecule has 0 aromatic carbocycles. The van der Waals surface area contributed by atoms with Crippen LogP contribution in [-0.2, 0) is 22.7 Å². The monoisotopic (exact) mass is 340 g/mol. The van der Waals surface area contributed by atoms with Crippen LogP contribution in [-0.4, -0.2) is 11.6 Å². The van der Waals surface area contributed by atoms with Crippen molar-refractivity contribution in [2.45, 2.75) is 26.9 Å². The van der Waals surface area contributed by atoms with E-state index in [2.05, 4.69) is 0 Å². The summed E-state index contributed by atoms with van der Waals surface area (Å²) in [5.74, 6) is 0.264. The summed E-state index contributed by atoms with van der Waals surface area (Å²) in [4.78, 5) is 22.1. The number of carbonyl (C=O) groups excluding carboxylic acids is 2. The summed E-state index contributed by atoms with van der Waals surface area (Å²) in [6.07, 6.45) is 7.58. The largest absolute Gasteiger partial charge is 1.00 e. The Morgan fingerprint density at radius 1 is 0.727 bits per heavy atom. The lowest BCUT2D eigenvalue weighted by molar-refractivity contribution is -0.684. The van der Waals surface area contributed by atoms with Crippen molar-refractivity contribution >= 4 is 11.6 Å². The first-order chi connectivity index (χ1) is 9.54. The van der Waals surface area contributed by atoms with E-state index in [-0.39, 0.29) is 36.4 Å². The second kappa shape index (κ2) is 9.28. The van der Waals surface area contributed by atoms with Crippen LogP contribution in [0, 0.1) is 0 Å². The minimum absolute atomic E-state index is 0. The molecule has 2 aromatic rings. The van der Waals surface area contributed by atoms with Crippen molar-refractivity contribution in [1.29, 1.82) is 0 Å². The maximum atomic E-state index is 11.0. The summed E-state index contributed by atoms with van der Waals surface area (Å²) in [5.41, 5.74) is 2.17. The lowest BCUT2D eigenvalue weighted by atomic mass is 10.1. The van der Waals surface area contributed by atoms with E-state index < -0.39 is 0 Å². The molecule has 0 aliphatic carbocycles. The van der Waals surface area contributed by atoms with Crippen molar-refractivity contribution in [2.24, 2.45) is 0 Å². The third-order valence-electron chi connectivity index (χ3n) is 2.93. The van der Waals surface area contributed by atoms with Crippen molar-refractivity contribution < 1.29 is 43.5 Å². The smallest absolute Gasteiger partial charge is 0.206 e. The summed E-state index contributed by atoms with van der Waals surface area (Å²) in [6.45, 7) is 3.94. The summed E-state index contributed by atoms with van der Waals surface area (Å²) in [7, 11) is 0. The Kier molecular flexibility index (Phi) is 8.53. The number of halogens is 2. The second-order valence-corrected chi connectivity index (χ2v) is 4.92. The molecule has 0 N–H and O–H groups in total. The maximum absolute atomic E-state index is 11.0. The lowest BCUT2D eigenvalue weighted by Gasteiger charge is -2.00. The molecule has 0 radical (unpaired) electrons. The standard InChI is InChI=1S/C16H18N2O2.2ClH/c1-13(19)11-17-7-3-15(4-8-17)16-5-9-18(10-6-16)12-14(2)20;;/h3-10H,11-12H2,1-2H3;2*1H/q+2;;/p-2. The van der Waals surface area contributed by atoms with Crippen LogP contribution in [0.4, 0.5) is 0 Å². The quantitative estimate of drug-likeness (QED) is 0.512. The SMILES string of the molecule is CC(=O)C[n+]1ccc(-c2cc[n+](CC(C)=O)cc2)cc1.[Cl-].[Cl-]. The average molecular weight is 341 g/mol. The Labute approximate surface area is 142 Å². The number of Topliss-reactive ketones (excluding diaryl/α,β-unsaturated/α-hetero) is 2. The summed E-state index contributed by atoms with van der Waals surface area (Å²) in [6, 6.07) is 7.92. The number of nitrogens with zero attached hydrogens (tertiary/aromatic N) is 2. The molecule has 0 unspecified atom stereocenters. The average Bonchev–Trinajstić information content (AvgIpc) is 2.39. The van der Waals surface area contributed by atoms with Gasteiger partial charge in [0.05, 0.1) is 0 Å². The van der Waals surface area contributed by atoms with Crippen LogP contribution < -0.4 is 33.9 Å². The molecule has 0 spiro atoms. The third-order valence-corrected chi connectivity index (χ3v) is 2.93. The van der Waals surface area contributed by atoms with Gasteiger partial charge in [-0.1, -0.05) is 0 Å². The first kappa shape index (κ1) is 20.2. The topological polar surface area (TPSA) is 41.9 Å². The van der Waals surface area contributed by atoms with E-state index in [9.17, 15) is 9.59 Å². The van der Waals surface area contributed by atoms with Gasteiger partial charge in [-0.05, 0) is 11.1 Å². The summed E-state index contributed by atoms with van der Waals surface area (Å²) in [5, 5.41) is 0. The molecule has 0 saturated carbocycles. The molecule has 4 nitrogen and oxygen atoms in total. The second-order valence-electron chi connectivity index (χ2n) is 4.92. The van der Waals surface area contributed by atoms with E-state index in [1.54, 1.807) is 13.8 Å². The highest BCUT2D eigenvalue weighted by molar-refractivity contribution is 5.74. The molecule has 0 bridgehead atoms. The first-order valence-electron chi connectivity index (χ1n) is 6.52. The number of pyridine rings is 2. The highest BCUT2D eigenvalue weighted by Crippen LogP contribution is 2.15. The molecule has 22 heavy (non-hydrogen) atoms. The van der Waals surface area contributed by atoms with Crippen molar-refractivity contribution in [1.82, 2.24) is 0 Å². The summed E-state index contributed by atoms with van der Waals surface area (Å²) < 4.78 is 3.70. The van der Waals surface area contributed by atoms with E-state index in [1.165, 1.54) is 0 Å². The van der Waals surface area contributed by atoms with Gasteiger partial charge in [0.1, 0.15) is 0 Å². The zero-order valence-electron chi connectivity index (χ0n) is 12.5. The van der Waals surface area contributed by atoms with Crippen molar-refractivity contribution in [3.63, 3.8) is 0 Å². The molecule has 0 saturated heterocycles. The molecular weight excluding hydrogens is 323 g/mol. The van der Waals surface area contributed by atoms with Gasteiger partial charge in [0, 0.05) is 38.1 Å². The van der Waals surface area contributed by atoms with E-state index >= 15 is 0 Å². The molecule has 0 aliphatic rings. The fraction of sp³-hybridized carbons (Fsp3) is 0.250. The highest BCUT2D eigenvalue weighted by atomic mass is 35.5. The van der Waals surface area contributed by atoms with Crippen molar-refractivity contribution in [3.05, 3.63) is 49.1 Å². The Morgan fingerprint density at radius 3 is 1.23 bits per heavy atom. The molecule has 118 valence electrons. The van der Waals surface area contributed by atoms with Crippen LogP contribution in [0.2, 0.25) is 0 Å². The number of ketones is 2. The van der Waals surface area contributed by atoms with Gasteiger partial charge < -0.3 is 24.8 Å². The Hall–Kier alpha value is -1.78. The number of carbonyl (C=O) groups is 2. The number of aromatic nitrogens is 2. The zero-order valence-corrected chi connectivity index (χ0v) is 14.0. The Bertz CT molecular complexity index is 568. The van der Waals surface area contributed by atoms with Gasteiger partial charge in [-0.2, -0.15) is 9.13 Å². The summed E-state index contributed by atoms with van der Waals surface area (Å²) >= 11 is 0. The molecular formula is C16H18Cl2N2O2. The van der Waals surface area contributed by atoms with Gasteiger partial charge in [-0.15, -0.1) is 0 Å². The zero-order chi connectivity index (χ0) is 14.5. The van der Waals surface area contributed by atoms with E-state index in [1.807, 2.05) is 58.2 Å². The Morgan fingerprint density at radius 2 is 1.00 bits per heavy atom. The van der Waals surface area contributed by atoms with Crippen molar-refractivity contribution in [2.75, 3.05) is 0 Å². The molecule has 0 amide bonds. The van der Waals surface area contributed by atoms with E-state index in [0.717, 1.165) is 11.1 Å². The van der Waals surface area contributed by atoms with Gasteiger partial charge in [0.2, 0.25) is 13.1 Å². The number of hydrogen-bond acceptors (Lipinski definition) is 2. The fourth-order valence-electron chi connectivity index (χ4n) is 2.02. The van der Waals surface area contributed by atoms with Crippen LogP contribution >= 0.6 is 0 Å². The third kappa shape index (κ3) is 5.92. The van der Waals surface area contributed by atoms with Crippen LogP contribution in [0.15, 0.2) is 49.1 Å². The van der Waals surface area contributed by atoms with Gasteiger partial charge >= 0.3 is 0 Å². The maximum Gasteiger partial charge on any atom is 0.206 e. The molecule has 2 rings (SSSR count). The van der Waals surface area contributed by atoms with Gasteiger partial charge in [0.25, 0.3) is 0 Å². The normalized spacial score (nSPS) is 9.36. The number of hydrogen-bond donors (Lipinski definition) is 0. The molecule has 2 aromatic heterocycles. The minimum Gasteiger partial charge on any atom is -1.00 e. The Balaban J connectivity index is 0.00000220. The fourth-order valence-corrected chi connectivity index (χ4v) is 2.02. The molecule has 6 heteroatoms. The minimum atomic E-state index is 0. The molecule has 0 aliphatic heterocycles. The lowest BCUT2D eigenvalue weighted by Crippen LogP contribution is -3.00. The predicted octanol–water partition coefficient (Wildman–Crippen LogP) is -4.89. The first-order valence-corrected chi connectivity index (χ1v) is 6.52.